The summed E-state index contributed by atoms with van der Waals surface area (Å²) in [6.07, 6.45) is 1.43. The fourth-order valence-electron chi connectivity index (χ4n) is 2.13. The van der Waals surface area contributed by atoms with Gasteiger partial charge in [0.05, 0.1) is 6.61 Å². The number of carbonyl (C=O) groups is 2. The largest absolute Gasteiger partial charge is 0.481 e. The first kappa shape index (κ1) is 19.2. The average Bonchev–Trinajstić information content (AvgIpc) is 2.65. The molecule has 0 unspecified atom stereocenters. The van der Waals surface area contributed by atoms with Gasteiger partial charge < -0.3 is 9.47 Å². The van der Waals surface area contributed by atoms with Crippen molar-refractivity contribution in [3.8, 4) is 11.8 Å². The standard InChI is InChI=1S/C20H16ClNO4/c1-2-25-19(23)13-26-18-6-4-3-5-15(18)11-16(12-22)20(24)14-7-9-17(21)10-8-14/h3-11H,2,13H2,1H3. The van der Waals surface area contributed by atoms with Crippen LogP contribution >= 0.6 is 11.6 Å². The Balaban J connectivity index is 2.26. The Labute approximate surface area is 156 Å². The molecule has 0 amide bonds. The van der Waals surface area contributed by atoms with Crippen LogP contribution in [0.3, 0.4) is 0 Å². The summed E-state index contributed by atoms with van der Waals surface area (Å²) in [4.78, 5) is 24.0. The number of esters is 1. The summed E-state index contributed by atoms with van der Waals surface area (Å²) in [5, 5.41) is 9.87. The predicted octanol–water partition coefficient (Wildman–Crippen LogP) is 4.07. The van der Waals surface area contributed by atoms with Crippen LogP contribution in [0.5, 0.6) is 5.75 Å². The van der Waals surface area contributed by atoms with Gasteiger partial charge in [-0.2, -0.15) is 5.26 Å². The summed E-state index contributed by atoms with van der Waals surface area (Å²) in [6, 6.07) is 15.0. The number of hydrogen-bond donors (Lipinski definition) is 0. The van der Waals surface area contributed by atoms with Crippen LogP contribution in [-0.4, -0.2) is 25.0 Å². The van der Waals surface area contributed by atoms with E-state index in [1.165, 1.54) is 6.08 Å². The van der Waals surface area contributed by atoms with E-state index in [-0.39, 0.29) is 18.8 Å². The van der Waals surface area contributed by atoms with Crippen molar-refractivity contribution in [3.63, 3.8) is 0 Å². The molecule has 0 saturated heterocycles. The highest BCUT2D eigenvalue weighted by molar-refractivity contribution is 6.30. The van der Waals surface area contributed by atoms with Crippen molar-refractivity contribution in [3.05, 3.63) is 70.3 Å². The van der Waals surface area contributed by atoms with Crippen molar-refractivity contribution in [1.82, 2.24) is 0 Å². The molecule has 26 heavy (non-hydrogen) atoms. The molecular weight excluding hydrogens is 354 g/mol. The molecule has 2 rings (SSSR count). The number of rotatable bonds is 7. The van der Waals surface area contributed by atoms with E-state index in [2.05, 4.69) is 0 Å². The molecule has 0 bridgehead atoms. The molecular formula is C20H16ClNO4. The molecule has 0 aromatic heterocycles. The number of ketones is 1. The number of para-hydroxylation sites is 1. The van der Waals surface area contributed by atoms with Crippen LogP contribution in [0.15, 0.2) is 54.1 Å². The Hall–Kier alpha value is -3.10. The normalized spacial score (nSPS) is 10.7. The van der Waals surface area contributed by atoms with Crippen LogP contribution < -0.4 is 4.74 Å². The quantitative estimate of drug-likeness (QED) is 0.318. The zero-order valence-corrected chi connectivity index (χ0v) is 14.8. The van der Waals surface area contributed by atoms with Crippen molar-refractivity contribution in [2.75, 3.05) is 13.2 Å². The van der Waals surface area contributed by atoms with E-state index in [1.54, 1.807) is 55.5 Å². The molecule has 0 heterocycles. The number of nitrogens with zero attached hydrogens (tertiary/aromatic N) is 1. The molecule has 6 heteroatoms. The van der Waals surface area contributed by atoms with Crippen LogP contribution in [0.1, 0.15) is 22.8 Å². The number of halogens is 1. The number of ether oxygens (including phenoxy) is 2. The van der Waals surface area contributed by atoms with Gasteiger partial charge in [-0.15, -0.1) is 0 Å². The number of carbonyl (C=O) groups excluding carboxylic acids is 2. The van der Waals surface area contributed by atoms with Gasteiger partial charge in [-0.1, -0.05) is 29.8 Å². The Morgan fingerprint density at radius 3 is 2.50 bits per heavy atom. The SMILES string of the molecule is CCOC(=O)COc1ccccc1C=C(C#N)C(=O)c1ccc(Cl)cc1. The molecule has 0 N–H and O–H groups in total. The summed E-state index contributed by atoms with van der Waals surface area (Å²) in [6.45, 7) is 1.71. The van der Waals surface area contributed by atoms with Gasteiger partial charge in [0.25, 0.3) is 0 Å². The zero-order valence-electron chi connectivity index (χ0n) is 14.1. The topological polar surface area (TPSA) is 76.4 Å². The predicted molar refractivity (Wildman–Crippen MR) is 97.9 cm³/mol. The molecule has 2 aromatic rings. The molecule has 2 aromatic carbocycles. The Bertz CT molecular complexity index is 866. The third-order valence-electron chi connectivity index (χ3n) is 3.34. The second-order valence-corrected chi connectivity index (χ2v) is 5.57. The van der Waals surface area contributed by atoms with Gasteiger partial charge in [-0.25, -0.2) is 4.79 Å². The van der Waals surface area contributed by atoms with Gasteiger partial charge in [-0.3, -0.25) is 4.79 Å². The minimum absolute atomic E-state index is 0.0560. The fourth-order valence-corrected chi connectivity index (χ4v) is 2.26. The van der Waals surface area contributed by atoms with Gasteiger partial charge >= 0.3 is 5.97 Å². The van der Waals surface area contributed by atoms with Gasteiger partial charge in [-0.05, 0) is 43.3 Å². The first-order valence-corrected chi connectivity index (χ1v) is 8.22. The smallest absolute Gasteiger partial charge is 0.344 e. The number of allylic oxidation sites excluding steroid dienone is 1. The highest BCUT2D eigenvalue weighted by atomic mass is 35.5. The van der Waals surface area contributed by atoms with Crippen LogP contribution in [0.25, 0.3) is 6.08 Å². The first-order valence-electron chi connectivity index (χ1n) is 7.84. The molecule has 0 aliphatic heterocycles. The molecule has 0 saturated carbocycles. The van der Waals surface area contributed by atoms with Crippen molar-refractivity contribution in [1.29, 1.82) is 5.26 Å². The molecule has 0 radical (unpaired) electrons. The molecule has 0 atom stereocenters. The molecule has 0 spiro atoms. The van der Waals surface area contributed by atoms with Crippen molar-refractivity contribution >= 4 is 29.4 Å². The summed E-state index contributed by atoms with van der Waals surface area (Å²) in [7, 11) is 0. The van der Waals surface area contributed by atoms with Crippen LogP contribution in [-0.2, 0) is 9.53 Å². The Morgan fingerprint density at radius 2 is 1.85 bits per heavy atom. The second kappa shape index (κ2) is 9.40. The molecule has 0 aliphatic carbocycles. The number of hydrogen-bond acceptors (Lipinski definition) is 5. The summed E-state index contributed by atoms with van der Waals surface area (Å²) in [5.74, 6) is -0.550. The lowest BCUT2D eigenvalue weighted by Gasteiger charge is -2.09. The van der Waals surface area contributed by atoms with E-state index >= 15 is 0 Å². The highest BCUT2D eigenvalue weighted by Crippen LogP contribution is 2.22. The Kier molecular flexibility index (Phi) is 6.95. The van der Waals surface area contributed by atoms with Crippen LogP contribution in [0.4, 0.5) is 0 Å². The van der Waals surface area contributed by atoms with E-state index in [4.69, 9.17) is 21.1 Å². The lowest BCUT2D eigenvalue weighted by molar-refractivity contribution is -0.145. The number of nitriles is 1. The van der Waals surface area contributed by atoms with E-state index in [0.29, 0.717) is 21.9 Å². The average molecular weight is 370 g/mol. The van der Waals surface area contributed by atoms with Gasteiger partial charge in [0, 0.05) is 16.1 Å². The molecule has 0 aliphatic rings. The second-order valence-electron chi connectivity index (χ2n) is 5.14. The van der Waals surface area contributed by atoms with Crippen molar-refractivity contribution < 1.29 is 19.1 Å². The highest BCUT2D eigenvalue weighted by Gasteiger charge is 2.14. The van der Waals surface area contributed by atoms with Gasteiger partial charge in [0.1, 0.15) is 17.4 Å². The maximum Gasteiger partial charge on any atom is 0.344 e. The lowest BCUT2D eigenvalue weighted by atomic mass is 10.0. The van der Waals surface area contributed by atoms with Gasteiger partial charge in [0.15, 0.2) is 6.61 Å². The molecule has 132 valence electrons. The van der Waals surface area contributed by atoms with Crippen LogP contribution in [0, 0.1) is 11.3 Å². The van der Waals surface area contributed by atoms with E-state index < -0.39 is 11.8 Å². The minimum Gasteiger partial charge on any atom is -0.481 e. The maximum absolute atomic E-state index is 12.5. The maximum atomic E-state index is 12.5. The van der Waals surface area contributed by atoms with Crippen molar-refractivity contribution in [2.45, 2.75) is 6.92 Å². The molecule has 5 nitrogen and oxygen atoms in total. The Morgan fingerprint density at radius 1 is 1.15 bits per heavy atom. The van der Waals surface area contributed by atoms with Crippen LogP contribution in [0.2, 0.25) is 5.02 Å². The number of benzene rings is 2. The summed E-state index contributed by atoms with van der Waals surface area (Å²) < 4.78 is 10.3. The summed E-state index contributed by atoms with van der Waals surface area (Å²) in [5.41, 5.74) is 0.808. The first-order chi connectivity index (χ1) is 12.5. The zero-order chi connectivity index (χ0) is 18.9. The van der Waals surface area contributed by atoms with E-state index in [9.17, 15) is 14.9 Å². The monoisotopic (exact) mass is 369 g/mol. The fraction of sp³-hybridized carbons (Fsp3) is 0.150. The van der Waals surface area contributed by atoms with Gasteiger partial charge in [0.2, 0.25) is 5.78 Å². The third kappa shape index (κ3) is 5.20. The van der Waals surface area contributed by atoms with Crippen molar-refractivity contribution in [2.24, 2.45) is 0 Å². The van der Waals surface area contributed by atoms with E-state index in [0.717, 1.165) is 0 Å². The minimum atomic E-state index is -0.496. The number of Topliss-reactive ketones (excluding diaryl/α,β-unsaturated/α-hetero) is 1. The van der Waals surface area contributed by atoms with E-state index in [1.807, 2.05) is 6.07 Å². The summed E-state index contributed by atoms with van der Waals surface area (Å²) >= 11 is 5.82. The molecule has 0 fully saturated rings. The lowest BCUT2D eigenvalue weighted by Crippen LogP contribution is -2.15. The third-order valence-corrected chi connectivity index (χ3v) is 3.59.